The van der Waals surface area contributed by atoms with Crippen molar-refractivity contribution in [2.75, 3.05) is 25.1 Å². The van der Waals surface area contributed by atoms with Crippen LogP contribution in [0.5, 0.6) is 5.75 Å². The largest absolute Gasteiger partial charge is 0.497 e. The highest BCUT2D eigenvalue weighted by Crippen LogP contribution is 2.38. The number of ether oxygens (including phenoxy) is 1. The van der Waals surface area contributed by atoms with E-state index < -0.39 is 0 Å². The Morgan fingerprint density at radius 3 is 2.29 bits per heavy atom. The van der Waals surface area contributed by atoms with E-state index in [0.29, 0.717) is 11.8 Å². The Balaban J connectivity index is 1.73. The fraction of sp³-hybridized carbons (Fsp3) is 0.308. The third kappa shape index (κ3) is 3.65. The number of nitrogens with zero attached hydrogens (tertiary/aromatic N) is 4. The summed E-state index contributed by atoms with van der Waals surface area (Å²) in [5.41, 5.74) is 4.32. The number of anilines is 1. The van der Waals surface area contributed by atoms with Crippen molar-refractivity contribution in [1.82, 2.24) is 14.5 Å². The highest BCUT2D eigenvalue weighted by Gasteiger charge is 2.26. The fourth-order valence-corrected chi connectivity index (χ4v) is 4.90. The average molecular weight is 413 g/mol. The van der Waals surface area contributed by atoms with E-state index in [0.717, 1.165) is 46.9 Å². The maximum Gasteiger partial charge on any atom is 0.150 e. The van der Waals surface area contributed by atoms with Gasteiger partial charge in [-0.05, 0) is 48.1 Å². The zero-order chi connectivity index (χ0) is 21.4. The van der Waals surface area contributed by atoms with Crippen molar-refractivity contribution < 1.29 is 4.74 Å². The Morgan fingerprint density at radius 2 is 1.61 bits per heavy atom. The van der Waals surface area contributed by atoms with Crippen LogP contribution in [0.25, 0.3) is 27.8 Å². The number of hydrogen-bond acceptors (Lipinski definition) is 4. The number of piperidine rings is 1. The summed E-state index contributed by atoms with van der Waals surface area (Å²) in [6.07, 6.45) is 5.16. The van der Waals surface area contributed by atoms with Crippen LogP contribution in [-0.4, -0.2) is 34.7 Å². The molecule has 2 aromatic carbocycles. The van der Waals surface area contributed by atoms with Gasteiger partial charge in [-0.25, -0.2) is 9.97 Å². The average Bonchev–Trinajstić information content (AvgIpc) is 3.19. The van der Waals surface area contributed by atoms with Gasteiger partial charge in [0.1, 0.15) is 17.9 Å². The molecule has 0 saturated carbocycles. The van der Waals surface area contributed by atoms with E-state index in [-0.39, 0.29) is 0 Å². The van der Waals surface area contributed by atoms with Gasteiger partial charge < -0.3 is 14.2 Å². The molecule has 2 atom stereocenters. The monoisotopic (exact) mass is 412 g/mol. The van der Waals surface area contributed by atoms with E-state index in [1.807, 2.05) is 12.1 Å². The van der Waals surface area contributed by atoms with Crippen LogP contribution in [0.15, 0.2) is 67.1 Å². The van der Waals surface area contributed by atoms with Gasteiger partial charge in [0.05, 0.1) is 12.5 Å². The molecule has 0 bridgehead atoms. The number of hydrogen-bond donors (Lipinski definition) is 0. The Bertz CT molecular complexity index is 1170. The fourth-order valence-electron chi connectivity index (χ4n) is 4.90. The van der Waals surface area contributed by atoms with E-state index >= 15 is 0 Å². The van der Waals surface area contributed by atoms with Crippen LogP contribution in [-0.2, 0) is 0 Å². The van der Waals surface area contributed by atoms with Gasteiger partial charge in [-0.15, -0.1) is 0 Å². The van der Waals surface area contributed by atoms with Gasteiger partial charge in [0.15, 0.2) is 5.65 Å². The van der Waals surface area contributed by atoms with E-state index in [4.69, 9.17) is 14.7 Å². The van der Waals surface area contributed by atoms with Crippen LogP contribution in [0.2, 0.25) is 0 Å². The van der Waals surface area contributed by atoms with Gasteiger partial charge in [0.25, 0.3) is 0 Å². The lowest BCUT2D eigenvalue weighted by Gasteiger charge is -2.36. The topological polar surface area (TPSA) is 43.2 Å². The van der Waals surface area contributed by atoms with Crippen LogP contribution in [0.3, 0.4) is 0 Å². The first-order valence-corrected chi connectivity index (χ1v) is 10.9. The quantitative estimate of drug-likeness (QED) is 0.439. The highest BCUT2D eigenvalue weighted by atomic mass is 16.5. The number of benzene rings is 2. The molecule has 0 N–H and O–H groups in total. The van der Waals surface area contributed by atoms with Gasteiger partial charge >= 0.3 is 0 Å². The van der Waals surface area contributed by atoms with Crippen molar-refractivity contribution in [1.29, 1.82) is 0 Å². The molecule has 1 aliphatic rings. The van der Waals surface area contributed by atoms with Gasteiger partial charge in [-0.2, -0.15) is 0 Å². The molecule has 1 saturated heterocycles. The molecule has 0 unspecified atom stereocenters. The second-order valence-electron chi connectivity index (χ2n) is 8.72. The normalized spacial score (nSPS) is 19.0. The second kappa shape index (κ2) is 8.06. The lowest BCUT2D eigenvalue weighted by Crippen LogP contribution is -2.39. The Kier molecular flexibility index (Phi) is 5.10. The molecule has 1 aliphatic heterocycles. The van der Waals surface area contributed by atoms with Crippen molar-refractivity contribution in [3.8, 4) is 22.6 Å². The van der Waals surface area contributed by atoms with E-state index in [1.165, 1.54) is 12.0 Å². The smallest absolute Gasteiger partial charge is 0.150 e. The molecular weight excluding hydrogens is 384 g/mol. The maximum absolute atomic E-state index is 5.34. The molecule has 31 heavy (non-hydrogen) atoms. The number of aromatic nitrogens is 3. The number of methoxy groups -OCH3 is 1. The van der Waals surface area contributed by atoms with Crippen LogP contribution < -0.4 is 9.64 Å². The van der Waals surface area contributed by atoms with E-state index in [2.05, 4.69) is 72.0 Å². The van der Waals surface area contributed by atoms with Crippen molar-refractivity contribution in [3.05, 3.63) is 67.1 Å². The molecule has 5 heteroatoms. The van der Waals surface area contributed by atoms with Gasteiger partial charge in [-0.3, -0.25) is 0 Å². The van der Waals surface area contributed by atoms with E-state index in [1.54, 1.807) is 13.4 Å². The Morgan fingerprint density at radius 1 is 0.903 bits per heavy atom. The molecule has 0 amide bonds. The third-order valence-corrected chi connectivity index (χ3v) is 6.17. The summed E-state index contributed by atoms with van der Waals surface area (Å²) >= 11 is 0. The van der Waals surface area contributed by atoms with Crippen molar-refractivity contribution in [3.63, 3.8) is 0 Å². The minimum absolute atomic E-state index is 0.651. The third-order valence-electron chi connectivity index (χ3n) is 6.17. The summed E-state index contributed by atoms with van der Waals surface area (Å²) in [5, 5.41) is 1.12. The number of fused-ring (bicyclic) bond motifs is 1. The van der Waals surface area contributed by atoms with Crippen molar-refractivity contribution in [2.45, 2.75) is 20.3 Å². The first kappa shape index (κ1) is 19.6. The Hall–Kier alpha value is -3.34. The summed E-state index contributed by atoms with van der Waals surface area (Å²) in [4.78, 5) is 12.0. The zero-order valence-corrected chi connectivity index (χ0v) is 18.3. The van der Waals surface area contributed by atoms with Crippen molar-refractivity contribution >= 4 is 16.9 Å². The minimum Gasteiger partial charge on any atom is -0.497 e. The molecule has 158 valence electrons. The van der Waals surface area contributed by atoms with Gasteiger partial charge in [0, 0.05) is 30.5 Å². The molecule has 1 fully saturated rings. The van der Waals surface area contributed by atoms with Gasteiger partial charge in [0.2, 0.25) is 0 Å². The van der Waals surface area contributed by atoms with Crippen molar-refractivity contribution in [2.24, 2.45) is 11.8 Å². The summed E-state index contributed by atoms with van der Waals surface area (Å²) in [6.45, 7) is 6.72. The first-order chi connectivity index (χ1) is 15.1. The first-order valence-electron chi connectivity index (χ1n) is 10.9. The zero-order valence-electron chi connectivity index (χ0n) is 18.3. The predicted molar refractivity (Wildman–Crippen MR) is 126 cm³/mol. The maximum atomic E-state index is 5.34. The SMILES string of the molecule is COc1ccc(-n2cc(-c3ccccc3)c3c(N4C[C@@H](C)C[C@H](C)C4)ncnc32)cc1. The highest BCUT2D eigenvalue weighted by molar-refractivity contribution is 6.02. The molecule has 4 aromatic rings. The summed E-state index contributed by atoms with van der Waals surface area (Å²) in [5.74, 6) is 3.18. The molecule has 2 aromatic heterocycles. The van der Waals surface area contributed by atoms with Crippen LogP contribution in [0.4, 0.5) is 5.82 Å². The standard InChI is InChI=1S/C26H28N4O/c1-18-13-19(2)15-29(14-18)25-24-23(20-7-5-4-6-8-20)16-30(26(24)28-17-27-25)21-9-11-22(31-3)12-10-21/h4-12,16-19H,13-15H2,1-3H3/t18-,19-/m0/s1. The summed E-state index contributed by atoms with van der Waals surface area (Å²) in [7, 11) is 1.69. The molecular formula is C26H28N4O. The lowest BCUT2D eigenvalue weighted by molar-refractivity contribution is 0.356. The molecule has 0 aliphatic carbocycles. The number of rotatable bonds is 4. The minimum atomic E-state index is 0.651. The van der Waals surface area contributed by atoms with Gasteiger partial charge in [-0.1, -0.05) is 44.2 Å². The lowest BCUT2D eigenvalue weighted by atomic mass is 9.91. The van der Waals surface area contributed by atoms with E-state index in [9.17, 15) is 0 Å². The molecule has 5 rings (SSSR count). The second-order valence-corrected chi connectivity index (χ2v) is 8.72. The molecule has 3 heterocycles. The molecule has 0 spiro atoms. The molecule has 0 radical (unpaired) electrons. The summed E-state index contributed by atoms with van der Waals surface area (Å²) in [6, 6.07) is 18.6. The van der Waals surface area contributed by atoms with Crippen LogP contribution in [0.1, 0.15) is 20.3 Å². The predicted octanol–water partition coefficient (Wildman–Crippen LogP) is 5.58. The van der Waals surface area contributed by atoms with Crippen LogP contribution >= 0.6 is 0 Å². The summed E-state index contributed by atoms with van der Waals surface area (Å²) < 4.78 is 7.51. The van der Waals surface area contributed by atoms with Crippen LogP contribution in [0, 0.1) is 11.8 Å². The Labute approximate surface area is 183 Å². The molecule has 5 nitrogen and oxygen atoms in total.